The van der Waals surface area contributed by atoms with Crippen molar-refractivity contribution in [3.8, 4) is 0 Å². The number of carbonyl (C=O) groups is 2. The second-order valence-corrected chi connectivity index (χ2v) is 6.30. The molecule has 23 heavy (non-hydrogen) atoms. The normalized spacial score (nSPS) is 15.0. The molecule has 1 amide bonds. The molecule has 0 radical (unpaired) electrons. The summed E-state index contributed by atoms with van der Waals surface area (Å²) in [5.74, 6) is -0.828. The first-order valence-corrected chi connectivity index (χ1v) is 7.80. The number of aryl methyl sites for hydroxylation is 2. The average Bonchev–Trinajstić information content (AvgIpc) is 2.76. The number of para-hydroxylation sites is 1. The molecule has 1 aliphatic heterocycles. The summed E-state index contributed by atoms with van der Waals surface area (Å²) in [6, 6.07) is 13.6. The van der Waals surface area contributed by atoms with Gasteiger partial charge in [0.25, 0.3) is 5.78 Å². The van der Waals surface area contributed by atoms with Gasteiger partial charge >= 0.3 is 5.91 Å². The highest BCUT2D eigenvalue weighted by molar-refractivity contribution is 6.52. The van der Waals surface area contributed by atoms with Crippen molar-refractivity contribution >= 4 is 17.4 Å². The Kier molecular flexibility index (Phi) is 4.01. The van der Waals surface area contributed by atoms with Crippen LogP contribution in [0.2, 0.25) is 0 Å². The van der Waals surface area contributed by atoms with Gasteiger partial charge in [0.1, 0.15) is 6.54 Å². The topological polar surface area (TPSA) is 41.8 Å². The lowest BCUT2D eigenvalue weighted by atomic mass is 10.1. The number of hydrogen-bond donors (Lipinski definition) is 1. The molecule has 1 atom stereocenters. The minimum absolute atomic E-state index is 0.403. The number of rotatable bonds is 4. The van der Waals surface area contributed by atoms with Crippen LogP contribution in [-0.2, 0) is 11.3 Å². The molecular weight excluding hydrogens is 288 g/mol. The van der Waals surface area contributed by atoms with Gasteiger partial charge in [-0.25, -0.2) is 0 Å². The monoisotopic (exact) mass is 309 g/mol. The molecule has 1 aliphatic rings. The van der Waals surface area contributed by atoms with Gasteiger partial charge in [-0.05, 0) is 31.5 Å². The van der Waals surface area contributed by atoms with Crippen molar-refractivity contribution in [3.63, 3.8) is 0 Å². The van der Waals surface area contributed by atoms with E-state index in [-0.39, 0.29) is 0 Å². The Labute approximate surface area is 136 Å². The van der Waals surface area contributed by atoms with Gasteiger partial charge in [-0.3, -0.25) is 14.5 Å². The van der Waals surface area contributed by atoms with Crippen molar-refractivity contribution in [2.24, 2.45) is 0 Å². The summed E-state index contributed by atoms with van der Waals surface area (Å²) < 4.78 is 0. The molecule has 2 aromatic carbocycles. The van der Waals surface area contributed by atoms with E-state index in [1.807, 2.05) is 19.2 Å². The van der Waals surface area contributed by atoms with Crippen molar-refractivity contribution in [2.75, 3.05) is 18.6 Å². The van der Waals surface area contributed by atoms with Gasteiger partial charge in [0.05, 0.1) is 18.3 Å². The molecule has 1 N–H and O–H groups in total. The molecule has 0 bridgehead atoms. The minimum Gasteiger partial charge on any atom is -0.316 e. The molecule has 0 aromatic heterocycles. The Morgan fingerprint density at radius 3 is 2.52 bits per heavy atom. The Balaban J connectivity index is 1.77. The highest BCUT2D eigenvalue weighted by Crippen LogP contribution is 2.27. The third-order valence-electron chi connectivity index (χ3n) is 4.30. The van der Waals surface area contributed by atoms with Crippen LogP contribution >= 0.6 is 0 Å². The van der Waals surface area contributed by atoms with Crippen molar-refractivity contribution in [1.82, 2.24) is 0 Å². The SMILES string of the molecule is Cc1ccc(C[NH+](C)CN2C(=O)C(=O)c3ccccc32)c(C)c1. The zero-order chi connectivity index (χ0) is 16.6. The van der Waals surface area contributed by atoms with Crippen LogP contribution in [0.25, 0.3) is 0 Å². The maximum Gasteiger partial charge on any atom is 0.303 e. The van der Waals surface area contributed by atoms with E-state index >= 15 is 0 Å². The molecule has 0 aliphatic carbocycles. The molecule has 0 saturated carbocycles. The summed E-state index contributed by atoms with van der Waals surface area (Å²) in [7, 11) is 2.04. The van der Waals surface area contributed by atoms with E-state index in [0.29, 0.717) is 12.2 Å². The van der Waals surface area contributed by atoms with Crippen molar-refractivity contribution in [1.29, 1.82) is 0 Å². The number of nitrogens with zero attached hydrogens (tertiary/aromatic N) is 1. The Hall–Kier alpha value is -2.46. The molecule has 2 aromatic rings. The van der Waals surface area contributed by atoms with Crippen LogP contribution in [0.15, 0.2) is 42.5 Å². The number of amides is 1. The second kappa shape index (κ2) is 5.97. The number of quaternary nitrogens is 1. The lowest BCUT2D eigenvalue weighted by Crippen LogP contribution is -3.09. The zero-order valence-corrected chi connectivity index (χ0v) is 13.7. The van der Waals surface area contributed by atoms with Gasteiger partial charge in [0.2, 0.25) is 0 Å². The quantitative estimate of drug-likeness (QED) is 0.870. The Morgan fingerprint density at radius 1 is 1.04 bits per heavy atom. The maximum absolute atomic E-state index is 12.2. The van der Waals surface area contributed by atoms with Crippen LogP contribution in [0.4, 0.5) is 5.69 Å². The number of fused-ring (bicyclic) bond motifs is 1. The molecule has 118 valence electrons. The first-order chi connectivity index (χ1) is 11.0. The molecule has 3 rings (SSSR count). The van der Waals surface area contributed by atoms with Gasteiger partial charge in [-0.15, -0.1) is 0 Å². The number of anilines is 1. The number of benzene rings is 2. The van der Waals surface area contributed by atoms with Gasteiger partial charge in [0, 0.05) is 5.56 Å². The lowest BCUT2D eigenvalue weighted by molar-refractivity contribution is -0.892. The van der Waals surface area contributed by atoms with Crippen LogP contribution in [-0.4, -0.2) is 25.4 Å². The number of carbonyl (C=O) groups excluding carboxylic acids is 2. The number of ketones is 1. The summed E-state index contributed by atoms with van der Waals surface area (Å²) in [4.78, 5) is 27.0. The van der Waals surface area contributed by atoms with Crippen molar-refractivity contribution in [2.45, 2.75) is 20.4 Å². The van der Waals surface area contributed by atoms with E-state index in [0.717, 1.165) is 17.1 Å². The smallest absolute Gasteiger partial charge is 0.303 e. The largest absolute Gasteiger partial charge is 0.316 e. The first kappa shape index (κ1) is 15.4. The van der Waals surface area contributed by atoms with Crippen LogP contribution in [0, 0.1) is 13.8 Å². The third-order valence-corrected chi connectivity index (χ3v) is 4.30. The molecule has 4 nitrogen and oxygen atoms in total. The first-order valence-electron chi connectivity index (χ1n) is 7.80. The fourth-order valence-corrected chi connectivity index (χ4v) is 3.10. The van der Waals surface area contributed by atoms with Gasteiger partial charge in [-0.1, -0.05) is 35.9 Å². The predicted molar refractivity (Wildman–Crippen MR) is 89.6 cm³/mol. The highest BCUT2D eigenvalue weighted by Gasteiger charge is 2.36. The summed E-state index contributed by atoms with van der Waals surface area (Å²) >= 11 is 0. The molecule has 1 unspecified atom stereocenters. The fraction of sp³-hybridized carbons (Fsp3) is 0.263. The molecule has 0 saturated heterocycles. The second-order valence-electron chi connectivity index (χ2n) is 6.30. The Bertz CT molecular complexity index is 783. The van der Waals surface area contributed by atoms with Crippen LogP contribution in [0.3, 0.4) is 0 Å². The fourth-order valence-electron chi connectivity index (χ4n) is 3.10. The van der Waals surface area contributed by atoms with E-state index in [1.54, 1.807) is 17.0 Å². The minimum atomic E-state index is -0.425. The summed E-state index contributed by atoms with van der Waals surface area (Å²) in [5, 5.41) is 0. The Morgan fingerprint density at radius 2 is 1.78 bits per heavy atom. The van der Waals surface area contributed by atoms with Crippen LogP contribution < -0.4 is 9.80 Å². The predicted octanol–water partition coefficient (Wildman–Crippen LogP) is 1.51. The third kappa shape index (κ3) is 2.90. The molecular formula is C19H21N2O2+. The van der Waals surface area contributed by atoms with Gasteiger partial charge in [0.15, 0.2) is 6.67 Å². The summed E-state index contributed by atoms with van der Waals surface area (Å²) in [5.41, 5.74) is 5.00. The van der Waals surface area contributed by atoms with E-state index in [1.165, 1.54) is 16.7 Å². The molecule has 0 fully saturated rings. The average molecular weight is 309 g/mol. The lowest BCUT2D eigenvalue weighted by Gasteiger charge is -2.22. The molecule has 4 heteroatoms. The summed E-state index contributed by atoms with van der Waals surface area (Å²) in [6.45, 7) is 5.48. The van der Waals surface area contributed by atoms with E-state index in [4.69, 9.17) is 0 Å². The number of Topliss-reactive ketones (excluding diaryl/α,β-unsaturated/α-hetero) is 1. The van der Waals surface area contributed by atoms with E-state index in [2.05, 4.69) is 32.0 Å². The van der Waals surface area contributed by atoms with Crippen LogP contribution in [0.5, 0.6) is 0 Å². The van der Waals surface area contributed by atoms with E-state index in [9.17, 15) is 9.59 Å². The molecule has 0 spiro atoms. The van der Waals surface area contributed by atoms with Gasteiger partial charge in [-0.2, -0.15) is 0 Å². The highest BCUT2D eigenvalue weighted by atomic mass is 16.2. The van der Waals surface area contributed by atoms with Gasteiger partial charge < -0.3 is 4.90 Å². The van der Waals surface area contributed by atoms with E-state index < -0.39 is 11.7 Å². The van der Waals surface area contributed by atoms with Crippen LogP contribution in [0.1, 0.15) is 27.0 Å². The maximum atomic E-state index is 12.2. The van der Waals surface area contributed by atoms with Crippen molar-refractivity contribution < 1.29 is 14.5 Å². The molecule has 1 heterocycles. The number of nitrogens with one attached hydrogen (secondary N) is 1. The standard InChI is InChI=1S/C19H20N2O2/c1-13-8-9-15(14(2)10-13)11-20(3)12-21-17-7-5-4-6-16(17)18(22)19(21)23/h4-10H,11-12H2,1-3H3/p+1. The summed E-state index contributed by atoms with van der Waals surface area (Å²) in [6.07, 6.45) is 0. The zero-order valence-electron chi connectivity index (χ0n) is 13.7. The number of hydrogen-bond acceptors (Lipinski definition) is 2. The van der Waals surface area contributed by atoms with Crippen molar-refractivity contribution in [3.05, 3.63) is 64.7 Å².